The fourth-order valence-electron chi connectivity index (χ4n) is 1.90. The van der Waals surface area contributed by atoms with Crippen LogP contribution in [0.4, 0.5) is 13.2 Å². The van der Waals surface area contributed by atoms with E-state index in [4.69, 9.17) is 11.6 Å². The van der Waals surface area contributed by atoms with Gasteiger partial charge < -0.3 is 4.57 Å². The van der Waals surface area contributed by atoms with Crippen molar-refractivity contribution in [2.45, 2.75) is 31.4 Å². The van der Waals surface area contributed by atoms with Crippen molar-refractivity contribution in [1.82, 2.24) is 19.1 Å². The third-order valence-electron chi connectivity index (χ3n) is 3.06. The topological polar surface area (TPSA) is 68.1 Å². The highest BCUT2D eigenvalue weighted by atomic mass is 35.5. The van der Waals surface area contributed by atoms with Gasteiger partial charge in [0.05, 0.1) is 11.8 Å². The lowest BCUT2D eigenvalue weighted by molar-refractivity contribution is -0.147. The lowest BCUT2D eigenvalue weighted by atomic mass is 10.4. The number of fused-ring (bicyclic) bond motifs is 1. The van der Waals surface area contributed by atoms with Crippen molar-refractivity contribution in [2.24, 2.45) is 0 Å². The van der Waals surface area contributed by atoms with Gasteiger partial charge in [-0.3, -0.25) is 0 Å². The third-order valence-corrected chi connectivity index (χ3v) is 5.92. The maximum Gasteiger partial charge on any atom is 0.451 e. The van der Waals surface area contributed by atoms with Crippen LogP contribution in [0.15, 0.2) is 0 Å². The fraction of sp³-hybridized carbons (Fsp3) is 0.778. The molecule has 0 aliphatic carbocycles. The summed E-state index contributed by atoms with van der Waals surface area (Å²) in [7, 11) is -3.64. The molecule has 0 saturated carbocycles. The highest BCUT2D eigenvalue weighted by molar-refractivity contribution is 7.89. The monoisotopic (exact) mass is 332 g/mol. The van der Waals surface area contributed by atoms with Gasteiger partial charge in [0.2, 0.25) is 15.8 Å². The Morgan fingerprint density at radius 2 is 2.00 bits per heavy atom. The number of alkyl halides is 4. The first-order valence-electron chi connectivity index (χ1n) is 5.72. The number of aromatic nitrogens is 3. The van der Waals surface area contributed by atoms with E-state index in [2.05, 4.69) is 10.2 Å². The summed E-state index contributed by atoms with van der Waals surface area (Å²) in [6, 6.07) is 0. The van der Waals surface area contributed by atoms with Gasteiger partial charge in [0.15, 0.2) is 0 Å². The Morgan fingerprint density at radius 3 is 2.55 bits per heavy atom. The van der Waals surface area contributed by atoms with Crippen LogP contribution >= 0.6 is 11.6 Å². The van der Waals surface area contributed by atoms with Crippen LogP contribution in [0.5, 0.6) is 0 Å². The molecule has 0 spiro atoms. The number of rotatable bonds is 3. The molecule has 2 rings (SSSR count). The van der Waals surface area contributed by atoms with Gasteiger partial charge in [-0.25, -0.2) is 8.42 Å². The Hall–Kier alpha value is -0.870. The van der Waals surface area contributed by atoms with Crippen molar-refractivity contribution in [1.29, 1.82) is 0 Å². The van der Waals surface area contributed by atoms with Crippen molar-refractivity contribution >= 4 is 21.6 Å². The summed E-state index contributed by atoms with van der Waals surface area (Å²) >= 11 is 5.53. The first kappa shape index (κ1) is 15.5. The minimum absolute atomic E-state index is 0.0195. The quantitative estimate of drug-likeness (QED) is 0.776. The van der Waals surface area contributed by atoms with Gasteiger partial charge in [0.25, 0.3) is 0 Å². The zero-order chi connectivity index (χ0) is 15.1. The smallest absolute Gasteiger partial charge is 0.305 e. The summed E-state index contributed by atoms with van der Waals surface area (Å²) in [4.78, 5) is 0. The zero-order valence-corrected chi connectivity index (χ0v) is 12.0. The van der Waals surface area contributed by atoms with Gasteiger partial charge >= 0.3 is 6.18 Å². The number of sulfonamides is 1. The molecule has 0 saturated heterocycles. The minimum atomic E-state index is -4.60. The molecule has 2 heterocycles. The van der Waals surface area contributed by atoms with E-state index in [0.717, 1.165) is 8.87 Å². The van der Waals surface area contributed by atoms with E-state index in [0.29, 0.717) is 0 Å². The number of hydrogen-bond acceptors (Lipinski definition) is 4. The molecule has 0 bridgehead atoms. The molecule has 0 N–H and O–H groups in total. The van der Waals surface area contributed by atoms with E-state index < -0.39 is 27.3 Å². The minimum Gasteiger partial charge on any atom is -0.305 e. The molecule has 6 nitrogen and oxygen atoms in total. The van der Waals surface area contributed by atoms with Crippen molar-refractivity contribution in [3.63, 3.8) is 0 Å². The predicted molar refractivity (Wildman–Crippen MR) is 64.5 cm³/mol. The SMILES string of the molecule is CC(CCl)S(=O)(=O)N1CCn2c(nnc2C(F)(F)F)C1. The normalized spacial score (nSPS) is 18.9. The Balaban J connectivity index is 2.28. The lowest BCUT2D eigenvalue weighted by Crippen LogP contribution is -2.43. The number of hydrogen-bond donors (Lipinski definition) is 0. The van der Waals surface area contributed by atoms with Gasteiger partial charge in [-0.05, 0) is 6.92 Å². The molecular weight excluding hydrogens is 321 g/mol. The average molecular weight is 333 g/mol. The molecule has 1 unspecified atom stereocenters. The van der Waals surface area contributed by atoms with E-state index in [1.165, 1.54) is 6.92 Å². The largest absolute Gasteiger partial charge is 0.451 e. The molecule has 114 valence electrons. The van der Waals surface area contributed by atoms with E-state index in [1.54, 1.807) is 0 Å². The van der Waals surface area contributed by atoms with Gasteiger partial charge in [-0.1, -0.05) is 0 Å². The van der Waals surface area contributed by atoms with Crippen LogP contribution in [-0.4, -0.2) is 45.2 Å². The molecular formula is C9H12ClF3N4O2S. The van der Waals surface area contributed by atoms with E-state index in [1.807, 2.05) is 0 Å². The van der Waals surface area contributed by atoms with Gasteiger partial charge in [-0.15, -0.1) is 21.8 Å². The molecule has 0 fully saturated rings. The molecule has 1 aromatic rings. The summed E-state index contributed by atoms with van der Waals surface area (Å²) in [6.07, 6.45) is -4.60. The summed E-state index contributed by atoms with van der Waals surface area (Å²) in [5.41, 5.74) is 0. The summed E-state index contributed by atoms with van der Waals surface area (Å²) in [5.74, 6) is -1.21. The molecule has 1 aromatic heterocycles. The fourth-order valence-corrected chi connectivity index (χ4v) is 3.67. The van der Waals surface area contributed by atoms with E-state index >= 15 is 0 Å². The molecule has 1 aliphatic rings. The standard InChI is InChI=1S/C9H12ClF3N4O2S/c1-6(4-10)20(18,19)16-2-3-17-7(5-16)14-15-8(17)9(11,12)13/h6H,2-5H2,1H3. The second-order valence-corrected chi connectivity index (χ2v) is 7.09. The van der Waals surface area contributed by atoms with Crippen LogP contribution < -0.4 is 0 Å². The molecule has 0 radical (unpaired) electrons. The van der Waals surface area contributed by atoms with Crippen LogP contribution in [0.25, 0.3) is 0 Å². The Morgan fingerprint density at radius 1 is 1.35 bits per heavy atom. The lowest BCUT2D eigenvalue weighted by Gasteiger charge is -2.29. The van der Waals surface area contributed by atoms with Crippen molar-refractivity contribution < 1.29 is 21.6 Å². The molecule has 1 atom stereocenters. The number of nitrogens with zero attached hydrogens (tertiary/aromatic N) is 4. The first-order chi connectivity index (χ1) is 9.17. The Kier molecular flexibility index (Phi) is 4.00. The number of halogens is 4. The molecule has 11 heteroatoms. The van der Waals surface area contributed by atoms with Gasteiger partial charge in [0, 0.05) is 19.0 Å². The maximum absolute atomic E-state index is 12.7. The second-order valence-electron chi connectivity index (χ2n) is 4.43. The van der Waals surface area contributed by atoms with Crippen molar-refractivity contribution in [2.75, 3.05) is 12.4 Å². The summed E-state index contributed by atoms with van der Waals surface area (Å²) < 4.78 is 64.1. The summed E-state index contributed by atoms with van der Waals surface area (Å²) in [6.45, 7) is 1.03. The van der Waals surface area contributed by atoms with E-state index in [9.17, 15) is 21.6 Å². The van der Waals surface area contributed by atoms with Crippen LogP contribution in [-0.2, 0) is 29.3 Å². The molecule has 1 aliphatic heterocycles. The maximum atomic E-state index is 12.7. The van der Waals surface area contributed by atoms with Crippen LogP contribution in [0, 0.1) is 0 Å². The predicted octanol–water partition coefficient (Wildman–Crippen LogP) is 1.07. The van der Waals surface area contributed by atoms with E-state index in [-0.39, 0.29) is 31.3 Å². The molecule has 0 aromatic carbocycles. The average Bonchev–Trinajstić information content (AvgIpc) is 2.80. The van der Waals surface area contributed by atoms with Gasteiger partial charge in [0.1, 0.15) is 5.82 Å². The Bertz CT molecular complexity index is 601. The highest BCUT2D eigenvalue weighted by Gasteiger charge is 2.41. The first-order valence-corrected chi connectivity index (χ1v) is 7.76. The molecule has 0 amide bonds. The molecule has 20 heavy (non-hydrogen) atoms. The van der Waals surface area contributed by atoms with Gasteiger partial charge in [-0.2, -0.15) is 17.5 Å². The second kappa shape index (κ2) is 5.15. The van der Waals surface area contributed by atoms with Crippen molar-refractivity contribution in [3.8, 4) is 0 Å². The zero-order valence-electron chi connectivity index (χ0n) is 10.4. The highest BCUT2D eigenvalue weighted by Crippen LogP contribution is 2.30. The Labute approximate surface area is 118 Å². The van der Waals surface area contributed by atoms with Crippen LogP contribution in [0.2, 0.25) is 0 Å². The third kappa shape index (κ3) is 2.63. The van der Waals surface area contributed by atoms with Crippen LogP contribution in [0.3, 0.4) is 0 Å². The summed E-state index contributed by atoms with van der Waals surface area (Å²) in [5, 5.41) is 5.71. The van der Waals surface area contributed by atoms with Crippen molar-refractivity contribution in [3.05, 3.63) is 11.6 Å². The van der Waals surface area contributed by atoms with Crippen LogP contribution in [0.1, 0.15) is 18.6 Å².